The van der Waals surface area contributed by atoms with E-state index in [0.29, 0.717) is 12.1 Å². The molecule has 0 N–H and O–H groups in total. The van der Waals surface area contributed by atoms with E-state index in [4.69, 9.17) is 0 Å². The van der Waals surface area contributed by atoms with Crippen molar-refractivity contribution in [2.24, 2.45) is 0 Å². The summed E-state index contributed by atoms with van der Waals surface area (Å²) in [6, 6.07) is 32.4. The van der Waals surface area contributed by atoms with Crippen molar-refractivity contribution >= 4 is 5.91 Å². The first-order valence-corrected chi connectivity index (χ1v) is 13.6. The molecule has 200 valence electrons. The van der Waals surface area contributed by atoms with E-state index in [-0.39, 0.29) is 37.8 Å². The summed E-state index contributed by atoms with van der Waals surface area (Å²) < 4.78 is 14.8. The van der Waals surface area contributed by atoms with Gasteiger partial charge in [-0.15, -0.1) is 0 Å². The van der Waals surface area contributed by atoms with E-state index in [1.165, 1.54) is 39.4 Å². The lowest BCUT2D eigenvalue weighted by Gasteiger charge is -2.39. The molecule has 4 heteroatoms. The first kappa shape index (κ1) is 26.8. The Hall–Kier alpha value is -3.76. The molecule has 0 unspecified atom stereocenters. The molecule has 0 spiro atoms. The maximum Gasteiger partial charge on any atom is 0.237 e. The minimum Gasteiger partial charge on any atom is -0.333 e. The quantitative estimate of drug-likeness (QED) is 0.276. The molecule has 0 bridgehead atoms. The fourth-order valence-electron chi connectivity index (χ4n) is 6.30. The number of hydrogen-bond acceptors (Lipinski definition) is 2. The summed E-state index contributed by atoms with van der Waals surface area (Å²) in [5, 5.41) is 0. The van der Waals surface area contributed by atoms with E-state index in [9.17, 15) is 9.18 Å². The zero-order valence-corrected chi connectivity index (χ0v) is 21.8. The van der Waals surface area contributed by atoms with Gasteiger partial charge in [0, 0.05) is 24.7 Å². The van der Waals surface area contributed by atoms with Crippen molar-refractivity contribution in [1.29, 1.82) is 0 Å². The number of carbonyl (C=O) groups is 1. The molecule has 39 heavy (non-hydrogen) atoms. The summed E-state index contributed by atoms with van der Waals surface area (Å²) in [4.78, 5) is 18.5. The van der Waals surface area contributed by atoms with Gasteiger partial charge >= 0.3 is 0 Å². The van der Waals surface area contributed by atoms with Gasteiger partial charge < -0.3 is 4.90 Å². The Morgan fingerprint density at radius 2 is 1.41 bits per heavy atom. The van der Waals surface area contributed by atoms with Crippen molar-refractivity contribution in [1.82, 2.24) is 9.80 Å². The maximum absolute atomic E-state index is 14.8. The molecule has 0 saturated heterocycles. The van der Waals surface area contributed by atoms with Crippen LogP contribution in [-0.4, -0.2) is 34.8 Å². The summed E-state index contributed by atoms with van der Waals surface area (Å²) in [6.07, 6.45) is 2.52. The fraction of sp³-hybridized carbons (Fsp3) is 0.286. The van der Waals surface area contributed by atoms with Gasteiger partial charge in [-0.25, -0.2) is 4.39 Å². The van der Waals surface area contributed by atoms with Crippen LogP contribution in [0.25, 0.3) is 0 Å². The number of nitrogens with zero attached hydrogens (tertiary/aromatic N) is 2. The van der Waals surface area contributed by atoms with Crippen molar-refractivity contribution in [3.8, 4) is 0 Å². The van der Waals surface area contributed by atoms with Gasteiger partial charge in [0.2, 0.25) is 5.91 Å². The highest BCUT2D eigenvalue weighted by atomic mass is 19.1. The SMILES string of the molecule is C.Cc1ccccc1[C@@H]1c2ccccc2CCN1CC(=O)N(Cc1ccccc1F)C1Cc2ccccc2C1. The van der Waals surface area contributed by atoms with Gasteiger partial charge in [-0.05, 0) is 65.6 Å². The summed E-state index contributed by atoms with van der Waals surface area (Å²) in [5.41, 5.74) is 8.22. The van der Waals surface area contributed by atoms with Crippen LogP contribution in [-0.2, 0) is 30.6 Å². The largest absolute Gasteiger partial charge is 0.333 e. The molecule has 4 aromatic carbocycles. The second kappa shape index (κ2) is 11.5. The lowest BCUT2D eigenvalue weighted by Crippen LogP contribution is -2.48. The molecule has 0 saturated carbocycles. The van der Waals surface area contributed by atoms with Crippen LogP contribution >= 0.6 is 0 Å². The van der Waals surface area contributed by atoms with Gasteiger partial charge in [-0.1, -0.05) is 98.4 Å². The van der Waals surface area contributed by atoms with E-state index in [0.717, 1.165) is 25.8 Å². The van der Waals surface area contributed by atoms with E-state index in [1.807, 2.05) is 11.0 Å². The van der Waals surface area contributed by atoms with Crippen LogP contribution in [0.5, 0.6) is 0 Å². The lowest BCUT2D eigenvalue weighted by molar-refractivity contribution is -0.136. The monoisotopic (exact) mass is 520 g/mol. The summed E-state index contributed by atoms with van der Waals surface area (Å²) in [5.74, 6) is -0.200. The highest BCUT2D eigenvalue weighted by Gasteiger charge is 2.35. The normalized spacial score (nSPS) is 16.7. The standard InChI is InChI=1S/C34H33FN2O.CH4/c1-24-10-2-7-15-30(24)34-31-16-8-5-11-25(31)18-19-36(34)23-33(38)37(22-28-14-6-9-17-32(28)35)29-20-26-12-3-4-13-27(26)21-29;/h2-17,29,34H,18-23H2,1H3;1H4/t34-;/m1./s1. The minimum absolute atomic E-state index is 0. The third kappa shape index (κ3) is 5.39. The van der Waals surface area contributed by atoms with Crippen LogP contribution < -0.4 is 0 Å². The van der Waals surface area contributed by atoms with Crippen LogP contribution in [0.15, 0.2) is 97.1 Å². The predicted molar refractivity (Wildman–Crippen MR) is 156 cm³/mol. The number of benzene rings is 4. The fourth-order valence-corrected chi connectivity index (χ4v) is 6.30. The Kier molecular flexibility index (Phi) is 7.94. The first-order chi connectivity index (χ1) is 18.6. The van der Waals surface area contributed by atoms with Gasteiger partial charge in [0.15, 0.2) is 0 Å². The van der Waals surface area contributed by atoms with Gasteiger partial charge in [-0.3, -0.25) is 9.69 Å². The number of fused-ring (bicyclic) bond motifs is 2. The predicted octanol–water partition coefficient (Wildman–Crippen LogP) is 6.91. The molecule has 0 aromatic heterocycles. The van der Waals surface area contributed by atoms with Crippen molar-refractivity contribution in [3.05, 3.63) is 142 Å². The number of halogens is 1. The molecule has 3 nitrogen and oxygen atoms in total. The topological polar surface area (TPSA) is 23.6 Å². The molecule has 1 aliphatic carbocycles. The average Bonchev–Trinajstić information content (AvgIpc) is 3.37. The van der Waals surface area contributed by atoms with Crippen molar-refractivity contribution in [2.45, 2.75) is 52.2 Å². The first-order valence-electron chi connectivity index (χ1n) is 13.6. The molecule has 1 amide bonds. The van der Waals surface area contributed by atoms with Crippen molar-refractivity contribution < 1.29 is 9.18 Å². The molecule has 4 aromatic rings. The molecule has 1 atom stereocenters. The van der Waals surface area contributed by atoms with Crippen LogP contribution in [0.3, 0.4) is 0 Å². The number of amides is 1. The Morgan fingerprint density at radius 1 is 0.821 bits per heavy atom. The molecular formula is C35H37FN2O. The van der Waals surface area contributed by atoms with E-state index < -0.39 is 0 Å². The molecule has 2 aliphatic rings. The smallest absolute Gasteiger partial charge is 0.237 e. The maximum atomic E-state index is 14.8. The van der Waals surface area contributed by atoms with Crippen LogP contribution in [0.4, 0.5) is 4.39 Å². The number of rotatable bonds is 6. The number of aryl methyl sites for hydroxylation is 1. The van der Waals surface area contributed by atoms with Crippen LogP contribution in [0.2, 0.25) is 0 Å². The molecular weight excluding hydrogens is 483 g/mol. The van der Waals surface area contributed by atoms with Gasteiger partial charge in [0.1, 0.15) is 5.82 Å². The second-order valence-corrected chi connectivity index (χ2v) is 10.6. The third-order valence-corrected chi connectivity index (χ3v) is 8.29. The number of hydrogen-bond donors (Lipinski definition) is 0. The van der Waals surface area contributed by atoms with Crippen LogP contribution in [0.1, 0.15) is 52.4 Å². The summed E-state index contributed by atoms with van der Waals surface area (Å²) >= 11 is 0. The second-order valence-electron chi connectivity index (χ2n) is 10.6. The third-order valence-electron chi connectivity index (χ3n) is 8.29. The Bertz CT molecular complexity index is 1440. The van der Waals surface area contributed by atoms with Crippen LogP contribution in [0, 0.1) is 12.7 Å². The Labute approximate surface area is 231 Å². The van der Waals surface area contributed by atoms with Gasteiger partial charge in [-0.2, -0.15) is 0 Å². The average molecular weight is 521 g/mol. The Morgan fingerprint density at radius 3 is 2.10 bits per heavy atom. The van der Waals surface area contributed by atoms with E-state index >= 15 is 0 Å². The van der Waals surface area contributed by atoms with E-state index in [2.05, 4.69) is 84.6 Å². The van der Waals surface area contributed by atoms with Crippen molar-refractivity contribution in [3.63, 3.8) is 0 Å². The zero-order valence-electron chi connectivity index (χ0n) is 21.8. The molecule has 0 radical (unpaired) electrons. The highest BCUT2D eigenvalue weighted by Crippen LogP contribution is 2.37. The minimum atomic E-state index is -0.259. The van der Waals surface area contributed by atoms with E-state index in [1.54, 1.807) is 12.1 Å². The summed E-state index contributed by atoms with van der Waals surface area (Å²) in [7, 11) is 0. The Balaban J connectivity index is 0.00000308. The molecule has 0 fully saturated rings. The van der Waals surface area contributed by atoms with Gasteiger partial charge in [0.05, 0.1) is 12.6 Å². The molecule has 1 heterocycles. The molecule has 6 rings (SSSR count). The van der Waals surface area contributed by atoms with Crippen molar-refractivity contribution in [2.75, 3.05) is 13.1 Å². The number of carbonyl (C=O) groups excluding carboxylic acids is 1. The molecule has 1 aliphatic heterocycles. The van der Waals surface area contributed by atoms with Gasteiger partial charge in [0.25, 0.3) is 0 Å². The lowest BCUT2D eigenvalue weighted by atomic mass is 9.86. The highest BCUT2D eigenvalue weighted by molar-refractivity contribution is 5.79. The zero-order chi connectivity index (χ0) is 26.1. The summed E-state index contributed by atoms with van der Waals surface area (Å²) in [6.45, 7) is 3.53.